The lowest BCUT2D eigenvalue weighted by Crippen LogP contribution is -2.32. The van der Waals surface area contributed by atoms with Crippen LogP contribution in [0.2, 0.25) is 0 Å². The first-order valence-electron chi connectivity index (χ1n) is 24.5. The lowest BCUT2D eigenvalue weighted by atomic mass is 9.91. The number of carbonyl (C=O) groups is 7. The van der Waals surface area contributed by atoms with Crippen molar-refractivity contribution in [2.75, 3.05) is 37.0 Å². The van der Waals surface area contributed by atoms with Crippen LogP contribution in [0.15, 0.2) is 157 Å². The number of terminal acetylenes is 2. The van der Waals surface area contributed by atoms with Gasteiger partial charge in [0.2, 0.25) is 5.91 Å². The third-order valence-electron chi connectivity index (χ3n) is 12.0. The molecule has 0 bridgehead atoms. The maximum absolute atomic E-state index is 12.5. The van der Waals surface area contributed by atoms with E-state index >= 15 is 0 Å². The van der Waals surface area contributed by atoms with Gasteiger partial charge in [0.05, 0.1) is 24.4 Å². The summed E-state index contributed by atoms with van der Waals surface area (Å²) >= 11 is 0. The molecule has 6 aromatic rings. The van der Waals surface area contributed by atoms with Gasteiger partial charge in [0.15, 0.2) is 5.78 Å². The summed E-state index contributed by atoms with van der Waals surface area (Å²) in [6.07, 6.45) is 15.4. The summed E-state index contributed by atoms with van der Waals surface area (Å²) < 4.78 is 5.14. The average Bonchev–Trinajstić information content (AvgIpc) is 3.76. The van der Waals surface area contributed by atoms with Crippen LogP contribution in [0.25, 0.3) is 33.4 Å². The van der Waals surface area contributed by atoms with E-state index in [0.717, 1.165) is 51.9 Å². The minimum absolute atomic E-state index is 0.0716. The minimum Gasteiger partial charge on any atom is -0.501 e. The second kappa shape index (κ2) is 27.9. The van der Waals surface area contributed by atoms with E-state index in [1.54, 1.807) is 48.5 Å². The Kier molecular flexibility index (Phi) is 20.4. The van der Waals surface area contributed by atoms with Crippen LogP contribution in [0.5, 0.6) is 0 Å². The Morgan fingerprint density at radius 2 is 0.947 bits per heavy atom. The number of nitrogens with one attached hydrogen (secondary N) is 3. The predicted octanol–water partition coefficient (Wildman–Crippen LogP) is 9.18. The number of anilines is 3. The van der Waals surface area contributed by atoms with E-state index in [9.17, 15) is 33.6 Å². The number of carbonyl (C=O) groups excluding carboxylic acids is 7. The number of hydroxylamine groups is 2. The number of benzene rings is 6. The highest BCUT2D eigenvalue weighted by molar-refractivity contribution is 6.03. The number of hydrogen-bond acceptors (Lipinski definition) is 11. The van der Waals surface area contributed by atoms with Crippen molar-refractivity contribution in [1.29, 1.82) is 0 Å². The molecule has 7 N–H and O–H groups in total. The average molecular weight is 1020 g/mol. The Bertz CT molecular complexity index is 3100. The molecule has 1 atom stereocenters. The number of ketones is 1. The number of methoxy groups -OCH3 is 1. The topological polar surface area (TPSA) is 229 Å². The van der Waals surface area contributed by atoms with Gasteiger partial charge >= 0.3 is 5.97 Å². The molecule has 6 aromatic carbocycles. The molecule has 15 nitrogen and oxygen atoms in total. The molecule has 0 spiro atoms. The monoisotopic (exact) mass is 1020 g/mol. The first-order valence-corrected chi connectivity index (χ1v) is 24.5. The number of ether oxygens (including phenoxy) is 1. The number of allylic oxidation sites excluding steroid dienone is 2. The summed E-state index contributed by atoms with van der Waals surface area (Å²) in [7, 11) is 1.50. The van der Waals surface area contributed by atoms with Crippen LogP contribution in [0.1, 0.15) is 82.4 Å². The van der Waals surface area contributed by atoms with Crippen LogP contribution in [0.4, 0.5) is 17.1 Å². The zero-order valence-electron chi connectivity index (χ0n) is 42.0. The van der Waals surface area contributed by atoms with E-state index in [-0.39, 0.29) is 48.3 Å². The van der Waals surface area contributed by atoms with Gasteiger partial charge in [-0.05, 0) is 119 Å². The molecule has 0 saturated carbocycles. The normalized spacial score (nSPS) is 13.5. The van der Waals surface area contributed by atoms with E-state index in [4.69, 9.17) is 33.9 Å². The Morgan fingerprint density at radius 1 is 0.566 bits per heavy atom. The molecule has 1 unspecified atom stereocenters. The molecule has 5 amide bonds. The molecule has 76 heavy (non-hydrogen) atoms. The highest BCUT2D eigenvalue weighted by Crippen LogP contribution is 2.27. The molecule has 1 aliphatic carbocycles. The molecule has 1 heterocycles. The van der Waals surface area contributed by atoms with Gasteiger partial charge in [-0.15, -0.1) is 29.8 Å². The fourth-order valence-electron chi connectivity index (χ4n) is 7.73. The van der Waals surface area contributed by atoms with Gasteiger partial charge in [0.25, 0.3) is 23.6 Å². The smallest absolute Gasteiger partial charge is 0.363 e. The Morgan fingerprint density at radius 3 is 1.34 bits per heavy atom. The van der Waals surface area contributed by atoms with Crippen molar-refractivity contribution in [3.63, 3.8) is 0 Å². The van der Waals surface area contributed by atoms with E-state index < -0.39 is 23.7 Å². The molecule has 15 heteroatoms. The van der Waals surface area contributed by atoms with Crippen molar-refractivity contribution in [3.8, 4) is 58.1 Å². The van der Waals surface area contributed by atoms with Crippen molar-refractivity contribution in [2.45, 2.75) is 51.4 Å². The summed E-state index contributed by atoms with van der Waals surface area (Å²) in [6.45, 7) is 1.15. The standard InChI is InChI=1S/C26H26N2O4.C18H18N2O.C17H14N2O4/c1-3-4-5-14-27-25(30)20-8-6-18(7-9-20)19-10-12-22(13-11-19)28-26(31)21-15-23(29)17-24(16-21)32-2;1-2-3-4-13-20-18(21)16-7-5-14(6-8-16)15-9-11-17(19)12-10-15;18-14-7-5-12(6-8-14)11-1-3-13(4-2-11)17(22)23-19-15(20)9-10-16(19)21/h1,6-13,17,21H,4-5,14-16H2,2H3,(H,27,30)(H,28,31);1,5-12H,3-4,13,19H2,(H,20,21);1-8H,9-10,18H2. The van der Waals surface area contributed by atoms with Gasteiger partial charge in [-0.3, -0.25) is 28.8 Å². The van der Waals surface area contributed by atoms with E-state index in [0.29, 0.717) is 65.7 Å². The molecule has 386 valence electrons. The predicted molar refractivity (Wildman–Crippen MR) is 293 cm³/mol. The van der Waals surface area contributed by atoms with Crippen molar-refractivity contribution in [2.24, 2.45) is 5.92 Å². The second-order valence-electron chi connectivity index (χ2n) is 17.5. The second-order valence-corrected chi connectivity index (χ2v) is 17.5. The maximum Gasteiger partial charge on any atom is 0.363 e. The van der Waals surface area contributed by atoms with Crippen LogP contribution in [0.3, 0.4) is 0 Å². The molecular formula is C61H58N6O9. The lowest BCUT2D eigenvalue weighted by Gasteiger charge is -2.20. The van der Waals surface area contributed by atoms with Gasteiger partial charge in [-0.2, -0.15) is 0 Å². The number of nitrogen functional groups attached to an aromatic ring is 2. The van der Waals surface area contributed by atoms with Gasteiger partial charge in [-0.1, -0.05) is 72.8 Å². The quantitative estimate of drug-likeness (QED) is 0.0266. The fourth-order valence-corrected chi connectivity index (χ4v) is 7.73. The largest absolute Gasteiger partial charge is 0.501 e. The van der Waals surface area contributed by atoms with Crippen LogP contribution in [-0.4, -0.2) is 66.6 Å². The molecule has 1 fully saturated rings. The summed E-state index contributed by atoms with van der Waals surface area (Å²) in [5.41, 5.74) is 20.8. The first-order chi connectivity index (χ1) is 36.7. The number of nitrogens with zero attached hydrogens (tertiary/aromatic N) is 1. The molecule has 2 aliphatic rings. The third kappa shape index (κ3) is 16.4. The van der Waals surface area contributed by atoms with Crippen LogP contribution in [0, 0.1) is 30.6 Å². The van der Waals surface area contributed by atoms with Crippen molar-refractivity contribution in [1.82, 2.24) is 15.7 Å². The molecular weight excluding hydrogens is 961 g/mol. The number of rotatable bonds is 16. The van der Waals surface area contributed by atoms with Crippen LogP contribution in [-0.2, 0) is 28.8 Å². The Hall–Kier alpha value is -9.73. The number of unbranched alkanes of at least 4 members (excludes halogenated alkanes) is 2. The van der Waals surface area contributed by atoms with Gasteiger partial charge < -0.3 is 37.0 Å². The fraction of sp³-hybridized carbons (Fsp3) is 0.197. The molecule has 1 saturated heterocycles. The van der Waals surface area contributed by atoms with Crippen molar-refractivity contribution >= 4 is 58.4 Å². The number of hydrogen-bond donors (Lipinski definition) is 5. The summed E-state index contributed by atoms with van der Waals surface area (Å²) in [5, 5.41) is 9.10. The van der Waals surface area contributed by atoms with Gasteiger partial charge in [-0.25, -0.2) is 4.79 Å². The Balaban J connectivity index is 0.000000190. The first kappa shape index (κ1) is 55.6. The molecule has 0 radical (unpaired) electrons. The molecule has 8 rings (SSSR count). The third-order valence-corrected chi connectivity index (χ3v) is 12.0. The van der Waals surface area contributed by atoms with E-state index in [1.807, 2.05) is 97.1 Å². The highest BCUT2D eigenvalue weighted by atomic mass is 16.7. The summed E-state index contributed by atoms with van der Waals surface area (Å²) in [4.78, 5) is 88.1. The number of imide groups is 1. The Labute approximate surface area is 442 Å². The molecule has 0 aromatic heterocycles. The van der Waals surface area contributed by atoms with Crippen molar-refractivity contribution < 1.29 is 43.1 Å². The lowest BCUT2D eigenvalue weighted by molar-refractivity contribution is -0.172. The highest BCUT2D eigenvalue weighted by Gasteiger charge is 2.33. The van der Waals surface area contributed by atoms with Crippen LogP contribution < -0.4 is 27.4 Å². The maximum atomic E-state index is 12.5. The van der Waals surface area contributed by atoms with E-state index in [1.165, 1.54) is 13.2 Å². The zero-order chi connectivity index (χ0) is 54.4. The van der Waals surface area contributed by atoms with Gasteiger partial charge in [0.1, 0.15) is 0 Å². The van der Waals surface area contributed by atoms with E-state index in [2.05, 4.69) is 27.8 Å². The summed E-state index contributed by atoms with van der Waals surface area (Å²) in [6, 6.07) is 44.0. The van der Waals surface area contributed by atoms with Crippen LogP contribution >= 0.6 is 0 Å². The van der Waals surface area contributed by atoms with Crippen molar-refractivity contribution in [3.05, 3.63) is 174 Å². The summed E-state index contributed by atoms with van der Waals surface area (Å²) in [5.74, 6) is 2.95. The number of amides is 5. The number of nitrogens with two attached hydrogens (primary N) is 2. The zero-order valence-corrected chi connectivity index (χ0v) is 42.0. The SMILES string of the molecule is C#CCCCNC(=O)c1ccc(-c2ccc(N)cc2)cc1.C#CCCCNC(=O)c1ccc(-c2ccc(NC(=O)C3CC(=O)C=C(OC)C3)cc2)cc1.Nc1ccc(-c2ccc(C(=O)ON3C(=O)CCC3=O)cc2)cc1. The van der Waals surface area contributed by atoms with Gasteiger partial charge in [0, 0.05) is 85.9 Å². The molecule has 1 aliphatic heterocycles. The minimum atomic E-state index is -0.738.